The van der Waals surface area contributed by atoms with Crippen molar-refractivity contribution < 1.29 is 0 Å². The van der Waals surface area contributed by atoms with Gasteiger partial charge in [0.25, 0.3) is 0 Å². The molecule has 0 saturated heterocycles. The third kappa shape index (κ3) is 3.38. The fourth-order valence-electron chi connectivity index (χ4n) is 2.67. The van der Waals surface area contributed by atoms with Gasteiger partial charge in [-0.3, -0.25) is 0 Å². The standard InChI is InChI=1S/C20H22N4/c1-14-9-8-10-15(2)19(14)22-18-13-16(3)21-20(23-18)24(4)17-11-6-5-7-12-17/h5-13H,1-4H3,(H,21,22,23). The summed E-state index contributed by atoms with van der Waals surface area (Å²) in [4.78, 5) is 11.3. The molecule has 2 aromatic carbocycles. The first-order chi connectivity index (χ1) is 11.5. The van der Waals surface area contributed by atoms with Crippen LogP contribution >= 0.6 is 0 Å². The molecule has 0 unspecified atom stereocenters. The summed E-state index contributed by atoms with van der Waals surface area (Å²) < 4.78 is 0. The average Bonchev–Trinajstić information content (AvgIpc) is 2.58. The van der Waals surface area contributed by atoms with Crippen LogP contribution in [0.5, 0.6) is 0 Å². The van der Waals surface area contributed by atoms with Crippen LogP contribution in [0.1, 0.15) is 16.8 Å². The molecule has 0 bridgehead atoms. The van der Waals surface area contributed by atoms with Crippen LogP contribution in [0.25, 0.3) is 0 Å². The molecule has 0 aliphatic carbocycles. The highest BCUT2D eigenvalue weighted by Crippen LogP contribution is 2.26. The molecule has 0 radical (unpaired) electrons. The van der Waals surface area contributed by atoms with Crippen molar-refractivity contribution in [3.63, 3.8) is 0 Å². The Hall–Kier alpha value is -2.88. The summed E-state index contributed by atoms with van der Waals surface area (Å²) in [5.74, 6) is 1.48. The van der Waals surface area contributed by atoms with E-state index in [0.717, 1.165) is 22.9 Å². The van der Waals surface area contributed by atoms with Crippen molar-refractivity contribution in [1.29, 1.82) is 0 Å². The maximum absolute atomic E-state index is 4.69. The Morgan fingerprint density at radius 2 is 1.50 bits per heavy atom. The van der Waals surface area contributed by atoms with Gasteiger partial charge < -0.3 is 10.2 Å². The van der Waals surface area contributed by atoms with E-state index in [1.807, 2.05) is 55.3 Å². The summed E-state index contributed by atoms with van der Waals surface area (Å²) in [6.07, 6.45) is 0. The van der Waals surface area contributed by atoms with E-state index in [4.69, 9.17) is 4.98 Å². The van der Waals surface area contributed by atoms with Gasteiger partial charge in [0.2, 0.25) is 5.95 Å². The lowest BCUT2D eigenvalue weighted by atomic mass is 10.1. The van der Waals surface area contributed by atoms with Crippen molar-refractivity contribution in [3.05, 3.63) is 71.4 Å². The minimum absolute atomic E-state index is 0.676. The number of aryl methyl sites for hydroxylation is 3. The van der Waals surface area contributed by atoms with E-state index in [2.05, 4.69) is 42.3 Å². The number of para-hydroxylation sites is 2. The molecule has 4 heteroatoms. The summed E-state index contributed by atoms with van der Waals surface area (Å²) >= 11 is 0. The van der Waals surface area contributed by atoms with Crippen LogP contribution in [0, 0.1) is 20.8 Å². The second kappa shape index (κ2) is 6.71. The maximum atomic E-state index is 4.69. The van der Waals surface area contributed by atoms with Crippen LogP contribution in [-0.2, 0) is 0 Å². The molecule has 4 nitrogen and oxygen atoms in total. The Morgan fingerprint density at radius 3 is 2.17 bits per heavy atom. The van der Waals surface area contributed by atoms with Gasteiger partial charge in [0.05, 0.1) is 0 Å². The lowest BCUT2D eigenvalue weighted by Crippen LogP contribution is -2.14. The molecule has 0 amide bonds. The molecule has 0 saturated carbocycles. The number of benzene rings is 2. The van der Waals surface area contributed by atoms with Crippen molar-refractivity contribution in [2.45, 2.75) is 20.8 Å². The molecule has 0 fully saturated rings. The van der Waals surface area contributed by atoms with E-state index in [1.54, 1.807) is 0 Å². The van der Waals surface area contributed by atoms with E-state index in [-0.39, 0.29) is 0 Å². The van der Waals surface area contributed by atoms with Crippen LogP contribution < -0.4 is 10.2 Å². The Labute approximate surface area is 143 Å². The highest BCUT2D eigenvalue weighted by Gasteiger charge is 2.10. The zero-order valence-electron chi connectivity index (χ0n) is 14.5. The van der Waals surface area contributed by atoms with E-state index < -0.39 is 0 Å². The van der Waals surface area contributed by atoms with Crippen LogP contribution in [-0.4, -0.2) is 17.0 Å². The fourth-order valence-corrected chi connectivity index (χ4v) is 2.67. The van der Waals surface area contributed by atoms with Crippen LogP contribution in [0.3, 0.4) is 0 Å². The third-order valence-electron chi connectivity index (χ3n) is 4.02. The molecular formula is C20H22N4. The number of anilines is 4. The minimum atomic E-state index is 0.676. The highest BCUT2D eigenvalue weighted by molar-refractivity contribution is 5.66. The van der Waals surface area contributed by atoms with Crippen LogP contribution in [0.2, 0.25) is 0 Å². The number of nitrogens with one attached hydrogen (secondary N) is 1. The SMILES string of the molecule is Cc1cc(Nc2c(C)cccc2C)nc(N(C)c2ccccc2)n1. The topological polar surface area (TPSA) is 41.1 Å². The fraction of sp³-hybridized carbons (Fsp3) is 0.200. The molecule has 0 atom stereocenters. The largest absolute Gasteiger partial charge is 0.340 e. The number of nitrogens with zero attached hydrogens (tertiary/aromatic N) is 3. The predicted octanol–water partition coefficient (Wildman–Crippen LogP) is 4.91. The third-order valence-corrected chi connectivity index (χ3v) is 4.02. The average molecular weight is 318 g/mol. The summed E-state index contributed by atoms with van der Waals surface area (Å²) in [5, 5.41) is 3.45. The van der Waals surface area contributed by atoms with Crippen molar-refractivity contribution >= 4 is 23.1 Å². The van der Waals surface area contributed by atoms with Crippen LogP contribution in [0.4, 0.5) is 23.1 Å². The van der Waals surface area contributed by atoms with Gasteiger partial charge in [-0.05, 0) is 44.0 Å². The van der Waals surface area contributed by atoms with E-state index in [0.29, 0.717) is 5.95 Å². The normalized spacial score (nSPS) is 10.5. The zero-order valence-corrected chi connectivity index (χ0v) is 14.5. The van der Waals surface area contributed by atoms with Crippen molar-refractivity contribution in [2.24, 2.45) is 0 Å². The second-order valence-electron chi connectivity index (χ2n) is 5.98. The summed E-state index contributed by atoms with van der Waals surface area (Å²) in [6.45, 7) is 6.18. The number of hydrogen-bond acceptors (Lipinski definition) is 4. The monoisotopic (exact) mass is 318 g/mol. The lowest BCUT2D eigenvalue weighted by molar-refractivity contribution is 1.02. The van der Waals surface area contributed by atoms with Gasteiger partial charge >= 0.3 is 0 Å². The molecule has 0 aliphatic heterocycles. The van der Waals surface area contributed by atoms with Gasteiger partial charge in [-0.25, -0.2) is 4.98 Å². The molecule has 1 heterocycles. The van der Waals surface area contributed by atoms with Gasteiger partial charge in [-0.15, -0.1) is 0 Å². The molecule has 1 aromatic heterocycles. The number of hydrogen-bond donors (Lipinski definition) is 1. The minimum Gasteiger partial charge on any atom is -0.340 e. The molecule has 24 heavy (non-hydrogen) atoms. The molecule has 0 spiro atoms. The zero-order chi connectivity index (χ0) is 17.1. The molecular weight excluding hydrogens is 296 g/mol. The number of aromatic nitrogens is 2. The van der Waals surface area contributed by atoms with Crippen molar-refractivity contribution in [2.75, 3.05) is 17.3 Å². The Morgan fingerprint density at radius 1 is 0.833 bits per heavy atom. The van der Waals surface area contributed by atoms with E-state index in [9.17, 15) is 0 Å². The van der Waals surface area contributed by atoms with Crippen LogP contribution in [0.15, 0.2) is 54.6 Å². The van der Waals surface area contributed by atoms with Gasteiger partial charge in [0.1, 0.15) is 5.82 Å². The highest BCUT2D eigenvalue weighted by atomic mass is 15.3. The van der Waals surface area contributed by atoms with Crippen molar-refractivity contribution in [3.8, 4) is 0 Å². The van der Waals surface area contributed by atoms with Gasteiger partial charge in [0, 0.05) is 30.2 Å². The Kier molecular flexibility index (Phi) is 4.47. The summed E-state index contributed by atoms with van der Waals surface area (Å²) in [7, 11) is 1.98. The summed E-state index contributed by atoms with van der Waals surface area (Å²) in [6, 6.07) is 18.3. The van der Waals surface area contributed by atoms with Gasteiger partial charge in [0.15, 0.2) is 0 Å². The smallest absolute Gasteiger partial charge is 0.231 e. The first-order valence-corrected chi connectivity index (χ1v) is 8.02. The molecule has 3 aromatic rings. The summed E-state index contributed by atoms with van der Waals surface area (Å²) in [5.41, 5.74) is 5.48. The quantitative estimate of drug-likeness (QED) is 0.742. The maximum Gasteiger partial charge on any atom is 0.231 e. The Bertz CT molecular complexity index is 823. The van der Waals surface area contributed by atoms with Gasteiger partial charge in [-0.1, -0.05) is 36.4 Å². The van der Waals surface area contributed by atoms with E-state index >= 15 is 0 Å². The first kappa shape index (κ1) is 16.0. The Balaban J connectivity index is 1.95. The molecule has 3 rings (SSSR count). The van der Waals surface area contributed by atoms with Crippen molar-refractivity contribution in [1.82, 2.24) is 9.97 Å². The second-order valence-corrected chi connectivity index (χ2v) is 5.98. The van der Waals surface area contributed by atoms with E-state index in [1.165, 1.54) is 11.1 Å². The molecule has 122 valence electrons. The predicted molar refractivity (Wildman–Crippen MR) is 100 cm³/mol. The lowest BCUT2D eigenvalue weighted by Gasteiger charge is -2.19. The van der Waals surface area contributed by atoms with Gasteiger partial charge in [-0.2, -0.15) is 4.98 Å². The molecule has 1 N–H and O–H groups in total. The number of rotatable bonds is 4. The first-order valence-electron chi connectivity index (χ1n) is 8.02. The molecule has 0 aliphatic rings.